The normalized spacial score (nSPS) is 11.2. The van der Waals surface area contributed by atoms with E-state index < -0.39 is 18.0 Å². The highest BCUT2D eigenvalue weighted by molar-refractivity contribution is 5.97. The van der Waals surface area contributed by atoms with Crippen LogP contribution in [0.15, 0.2) is 48.5 Å². The SMILES string of the molecule is COCc1ccc(C(=O)O[C@@H](C)C(=O)Nc2cccc(C#N)c2)cc1. The van der Waals surface area contributed by atoms with Crippen molar-refractivity contribution in [2.24, 2.45) is 0 Å². The number of nitriles is 1. The molecule has 128 valence electrons. The third-order valence-electron chi connectivity index (χ3n) is 3.41. The quantitative estimate of drug-likeness (QED) is 0.818. The number of nitrogens with one attached hydrogen (secondary N) is 1. The largest absolute Gasteiger partial charge is 0.449 e. The number of methoxy groups -OCH3 is 1. The predicted molar refractivity (Wildman–Crippen MR) is 91.8 cm³/mol. The van der Waals surface area contributed by atoms with Crippen LogP contribution in [0.2, 0.25) is 0 Å². The maximum atomic E-state index is 12.1. The Labute approximate surface area is 146 Å². The molecule has 0 saturated carbocycles. The lowest BCUT2D eigenvalue weighted by atomic mass is 10.1. The number of nitrogens with zero attached hydrogens (tertiary/aromatic N) is 1. The van der Waals surface area contributed by atoms with E-state index in [1.54, 1.807) is 55.6 Å². The van der Waals surface area contributed by atoms with E-state index >= 15 is 0 Å². The first kappa shape index (κ1) is 18.2. The first-order chi connectivity index (χ1) is 12.0. The molecule has 0 bridgehead atoms. The van der Waals surface area contributed by atoms with E-state index in [9.17, 15) is 9.59 Å². The van der Waals surface area contributed by atoms with E-state index in [1.807, 2.05) is 6.07 Å². The van der Waals surface area contributed by atoms with Gasteiger partial charge in [0, 0.05) is 12.8 Å². The minimum absolute atomic E-state index is 0.353. The van der Waals surface area contributed by atoms with Crippen molar-refractivity contribution < 1.29 is 19.1 Å². The van der Waals surface area contributed by atoms with Crippen molar-refractivity contribution >= 4 is 17.6 Å². The van der Waals surface area contributed by atoms with E-state index in [-0.39, 0.29) is 0 Å². The summed E-state index contributed by atoms with van der Waals surface area (Å²) >= 11 is 0. The lowest BCUT2D eigenvalue weighted by Crippen LogP contribution is -2.30. The van der Waals surface area contributed by atoms with Crippen molar-refractivity contribution in [1.29, 1.82) is 5.26 Å². The second-order valence-corrected chi connectivity index (χ2v) is 5.36. The number of hydrogen-bond acceptors (Lipinski definition) is 5. The van der Waals surface area contributed by atoms with Crippen molar-refractivity contribution in [1.82, 2.24) is 0 Å². The Morgan fingerprint density at radius 3 is 2.56 bits per heavy atom. The fraction of sp³-hybridized carbons (Fsp3) is 0.211. The van der Waals surface area contributed by atoms with Crippen molar-refractivity contribution in [3.63, 3.8) is 0 Å². The van der Waals surface area contributed by atoms with Gasteiger partial charge in [0.15, 0.2) is 6.10 Å². The van der Waals surface area contributed by atoms with E-state index in [4.69, 9.17) is 14.7 Å². The van der Waals surface area contributed by atoms with Crippen LogP contribution < -0.4 is 5.32 Å². The summed E-state index contributed by atoms with van der Waals surface area (Å²) in [6.45, 7) is 1.94. The molecule has 1 amide bonds. The summed E-state index contributed by atoms with van der Waals surface area (Å²) in [7, 11) is 1.59. The summed E-state index contributed by atoms with van der Waals surface area (Å²) in [5.41, 5.74) is 2.18. The standard InChI is InChI=1S/C19H18N2O4/c1-13(18(22)21-17-5-3-4-15(10-17)11-20)25-19(23)16-8-6-14(7-9-16)12-24-2/h3-10,13H,12H2,1-2H3,(H,21,22)/t13-/m0/s1. The number of esters is 1. The summed E-state index contributed by atoms with van der Waals surface area (Å²) < 4.78 is 10.2. The number of rotatable bonds is 6. The van der Waals surface area contributed by atoms with Crippen LogP contribution in [0, 0.1) is 11.3 Å². The summed E-state index contributed by atoms with van der Waals surface area (Å²) in [6, 6.07) is 15.2. The van der Waals surface area contributed by atoms with Crippen LogP contribution in [0.5, 0.6) is 0 Å². The van der Waals surface area contributed by atoms with Gasteiger partial charge in [-0.15, -0.1) is 0 Å². The van der Waals surface area contributed by atoms with E-state index in [2.05, 4.69) is 5.32 Å². The van der Waals surface area contributed by atoms with Gasteiger partial charge >= 0.3 is 5.97 Å². The summed E-state index contributed by atoms with van der Waals surface area (Å²) in [5, 5.41) is 11.5. The zero-order chi connectivity index (χ0) is 18.2. The second kappa shape index (κ2) is 8.62. The molecule has 0 fully saturated rings. The lowest BCUT2D eigenvalue weighted by Gasteiger charge is -2.14. The maximum absolute atomic E-state index is 12.1. The van der Waals surface area contributed by atoms with Gasteiger partial charge in [-0.1, -0.05) is 18.2 Å². The van der Waals surface area contributed by atoms with Crippen LogP contribution in [0.3, 0.4) is 0 Å². The van der Waals surface area contributed by atoms with Crippen molar-refractivity contribution in [2.75, 3.05) is 12.4 Å². The molecule has 0 aliphatic rings. The first-order valence-electron chi connectivity index (χ1n) is 7.63. The Morgan fingerprint density at radius 1 is 1.20 bits per heavy atom. The fourth-order valence-corrected chi connectivity index (χ4v) is 2.10. The Morgan fingerprint density at radius 2 is 1.92 bits per heavy atom. The monoisotopic (exact) mass is 338 g/mol. The Kier molecular flexibility index (Phi) is 6.26. The van der Waals surface area contributed by atoms with Gasteiger partial charge in [0.1, 0.15) is 0 Å². The molecule has 2 rings (SSSR count). The molecule has 2 aromatic carbocycles. The smallest absolute Gasteiger partial charge is 0.338 e. The Bertz CT molecular complexity index is 794. The van der Waals surface area contributed by atoms with Gasteiger partial charge in [-0.3, -0.25) is 4.79 Å². The molecule has 0 radical (unpaired) electrons. The van der Waals surface area contributed by atoms with Crippen LogP contribution in [-0.2, 0) is 20.9 Å². The molecule has 2 aromatic rings. The number of hydrogen-bond donors (Lipinski definition) is 1. The third kappa shape index (κ3) is 5.16. The molecule has 6 heteroatoms. The van der Waals surface area contributed by atoms with Gasteiger partial charge in [-0.2, -0.15) is 5.26 Å². The zero-order valence-electron chi connectivity index (χ0n) is 14.0. The fourth-order valence-electron chi connectivity index (χ4n) is 2.10. The van der Waals surface area contributed by atoms with Crippen molar-refractivity contribution in [3.05, 3.63) is 65.2 Å². The highest BCUT2D eigenvalue weighted by Gasteiger charge is 2.19. The predicted octanol–water partition coefficient (Wildman–Crippen LogP) is 2.89. The maximum Gasteiger partial charge on any atom is 0.338 e. The Balaban J connectivity index is 1.95. The Hall–Kier alpha value is -3.17. The van der Waals surface area contributed by atoms with Crippen LogP contribution >= 0.6 is 0 Å². The summed E-state index contributed by atoms with van der Waals surface area (Å²) in [4.78, 5) is 24.2. The van der Waals surface area contributed by atoms with Crippen LogP contribution in [-0.4, -0.2) is 25.1 Å². The van der Waals surface area contributed by atoms with Crippen molar-refractivity contribution in [2.45, 2.75) is 19.6 Å². The molecule has 6 nitrogen and oxygen atoms in total. The van der Waals surface area contributed by atoms with E-state index in [0.717, 1.165) is 5.56 Å². The average molecular weight is 338 g/mol. The number of amides is 1. The van der Waals surface area contributed by atoms with Gasteiger partial charge in [0.2, 0.25) is 0 Å². The molecule has 0 aliphatic heterocycles. The molecular formula is C19H18N2O4. The van der Waals surface area contributed by atoms with Gasteiger partial charge in [-0.05, 0) is 42.8 Å². The summed E-state index contributed by atoms with van der Waals surface area (Å²) in [5.74, 6) is -1.06. The molecule has 0 saturated heterocycles. The molecular weight excluding hydrogens is 320 g/mol. The minimum Gasteiger partial charge on any atom is -0.449 e. The highest BCUT2D eigenvalue weighted by atomic mass is 16.5. The molecule has 0 aliphatic carbocycles. The molecule has 1 atom stereocenters. The molecule has 0 spiro atoms. The van der Waals surface area contributed by atoms with Crippen LogP contribution in [0.25, 0.3) is 0 Å². The molecule has 0 aromatic heterocycles. The van der Waals surface area contributed by atoms with Gasteiger partial charge < -0.3 is 14.8 Å². The molecule has 1 N–H and O–H groups in total. The number of carbonyl (C=O) groups excluding carboxylic acids is 2. The molecule has 0 unspecified atom stereocenters. The first-order valence-corrected chi connectivity index (χ1v) is 7.63. The second-order valence-electron chi connectivity index (χ2n) is 5.36. The van der Waals surface area contributed by atoms with E-state index in [1.165, 1.54) is 6.92 Å². The van der Waals surface area contributed by atoms with E-state index in [0.29, 0.717) is 23.4 Å². The minimum atomic E-state index is -0.975. The average Bonchev–Trinajstić information content (AvgIpc) is 2.62. The lowest BCUT2D eigenvalue weighted by molar-refractivity contribution is -0.123. The number of benzene rings is 2. The number of anilines is 1. The molecule has 0 heterocycles. The highest BCUT2D eigenvalue weighted by Crippen LogP contribution is 2.12. The van der Waals surface area contributed by atoms with Crippen LogP contribution in [0.4, 0.5) is 5.69 Å². The summed E-state index contributed by atoms with van der Waals surface area (Å²) in [6.07, 6.45) is -0.975. The zero-order valence-corrected chi connectivity index (χ0v) is 14.0. The van der Waals surface area contributed by atoms with Gasteiger partial charge in [0.25, 0.3) is 5.91 Å². The number of ether oxygens (including phenoxy) is 2. The topological polar surface area (TPSA) is 88.4 Å². The number of carbonyl (C=O) groups is 2. The molecule has 25 heavy (non-hydrogen) atoms. The van der Waals surface area contributed by atoms with Gasteiger partial charge in [0.05, 0.1) is 23.8 Å². The van der Waals surface area contributed by atoms with Gasteiger partial charge in [-0.25, -0.2) is 4.79 Å². The van der Waals surface area contributed by atoms with Crippen molar-refractivity contribution in [3.8, 4) is 6.07 Å². The van der Waals surface area contributed by atoms with Crippen LogP contribution in [0.1, 0.15) is 28.4 Å². The third-order valence-corrected chi connectivity index (χ3v) is 3.41.